The van der Waals surface area contributed by atoms with E-state index in [1.54, 1.807) is 24.3 Å². The summed E-state index contributed by atoms with van der Waals surface area (Å²) in [5.74, 6) is -0.788. The molecule has 0 N–H and O–H groups in total. The number of carbonyl (C=O) groups excluding carboxylic acids is 2. The fraction of sp³-hybridized carbons (Fsp3) is 0.375. The Morgan fingerprint density at radius 1 is 0.700 bits per heavy atom. The predicted octanol–water partition coefficient (Wildman–Crippen LogP) is 3.13. The Kier molecular flexibility index (Phi) is 5.35. The number of rotatable bonds is 0. The van der Waals surface area contributed by atoms with E-state index in [2.05, 4.69) is 12.2 Å². The maximum Gasteiger partial charge on any atom is 0.338 e. The van der Waals surface area contributed by atoms with Gasteiger partial charge in [-0.2, -0.15) is 0 Å². The summed E-state index contributed by atoms with van der Waals surface area (Å²) in [6, 6.07) is 6.18. The Labute approximate surface area is 118 Å². The highest BCUT2D eigenvalue weighted by molar-refractivity contribution is 5.93. The van der Waals surface area contributed by atoms with E-state index in [0.717, 1.165) is 0 Å². The van der Waals surface area contributed by atoms with E-state index < -0.39 is 11.9 Å². The van der Waals surface area contributed by atoms with Gasteiger partial charge in [0.1, 0.15) is 13.2 Å². The highest BCUT2D eigenvalue weighted by Crippen LogP contribution is 2.09. The van der Waals surface area contributed by atoms with Gasteiger partial charge in [0.2, 0.25) is 0 Å². The summed E-state index contributed by atoms with van der Waals surface area (Å²) in [4.78, 5) is 22.5. The number of esters is 2. The first kappa shape index (κ1) is 14.3. The van der Waals surface area contributed by atoms with Crippen LogP contribution in [0.4, 0.5) is 0 Å². The van der Waals surface area contributed by atoms with Crippen LogP contribution in [-0.2, 0) is 9.47 Å². The molecule has 4 rings (SSSR count). The maximum absolute atomic E-state index is 11.3. The third-order valence-corrected chi connectivity index (χ3v) is 3.06. The molecule has 1 aliphatic carbocycles. The van der Waals surface area contributed by atoms with Crippen LogP contribution in [0.25, 0.3) is 0 Å². The molecular weight excluding hydrogens is 256 g/mol. The van der Waals surface area contributed by atoms with Gasteiger partial charge in [0.15, 0.2) is 0 Å². The zero-order valence-electron chi connectivity index (χ0n) is 11.3. The van der Waals surface area contributed by atoms with Gasteiger partial charge in [-0.05, 0) is 49.9 Å². The van der Waals surface area contributed by atoms with E-state index in [9.17, 15) is 9.59 Å². The number of allylic oxidation sites excluding steroid dienone is 2. The normalized spacial score (nSPS) is 17.6. The quantitative estimate of drug-likeness (QED) is 0.538. The second-order valence-electron chi connectivity index (χ2n) is 4.61. The van der Waals surface area contributed by atoms with Crippen molar-refractivity contribution in [3.8, 4) is 0 Å². The van der Waals surface area contributed by atoms with Crippen molar-refractivity contribution in [1.29, 1.82) is 0 Å². The lowest BCUT2D eigenvalue weighted by Gasteiger charge is -2.09. The highest BCUT2D eigenvalue weighted by atomic mass is 16.6. The molecule has 0 amide bonds. The average Bonchev–Trinajstić information content (AvgIpc) is 2.53. The molecule has 0 aromatic heterocycles. The van der Waals surface area contributed by atoms with Crippen LogP contribution >= 0.6 is 0 Å². The molecule has 0 saturated carbocycles. The van der Waals surface area contributed by atoms with Gasteiger partial charge in [0.25, 0.3) is 0 Å². The maximum atomic E-state index is 11.3. The minimum Gasteiger partial charge on any atom is -0.458 e. The van der Waals surface area contributed by atoms with Gasteiger partial charge in [0.05, 0.1) is 11.1 Å². The Bertz CT molecular complexity index is 443. The molecule has 4 nitrogen and oxygen atoms in total. The van der Waals surface area contributed by atoms with Crippen molar-refractivity contribution >= 4 is 11.9 Å². The molecule has 20 heavy (non-hydrogen) atoms. The molecule has 4 heteroatoms. The van der Waals surface area contributed by atoms with Crippen molar-refractivity contribution < 1.29 is 19.1 Å². The van der Waals surface area contributed by atoms with Crippen molar-refractivity contribution in [1.82, 2.24) is 0 Å². The SMILES string of the molecule is C1=CCCCC1.O=C1OCCOC(=O)c2ccc1cc2. The number of carbonyl (C=O) groups is 2. The van der Waals surface area contributed by atoms with E-state index >= 15 is 0 Å². The first-order chi connectivity index (χ1) is 9.77. The second-order valence-corrected chi connectivity index (χ2v) is 4.61. The van der Waals surface area contributed by atoms with Gasteiger partial charge in [-0.1, -0.05) is 12.2 Å². The van der Waals surface area contributed by atoms with Gasteiger partial charge < -0.3 is 9.47 Å². The number of hydrogen-bond acceptors (Lipinski definition) is 4. The Morgan fingerprint density at radius 3 is 1.40 bits per heavy atom. The number of hydrogen-bond donors (Lipinski definition) is 0. The number of ether oxygens (including phenoxy) is 2. The second kappa shape index (κ2) is 7.48. The number of benzene rings is 1. The van der Waals surface area contributed by atoms with Crippen molar-refractivity contribution in [2.45, 2.75) is 25.7 Å². The monoisotopic (exact) mass is 274 g/mol. The van der Waals surface area contributed by atoms with Crippen LogP contribution in [0, 0.1) is 0 Å². The first-order valence-electron chi connectivity index (χ1n) is 6.87. The lowest BCUT2D eigenvalue weighted by molar-refractivity contribution is 0.0260. The molecule has 2 bridgehead atoms. The summed E-state index contributed by atoms with van der Waals surface area (Å²) in [7, 11) is 0. The van der Waals surface area contributed by atoms with Crippen LogP contribution in [0.1, 0.15) is 46.4 Å². The lowest BCUT2D eigenvalue weighted by Crippen LogP contribution is -2.16. The molecule has 106 valence electrons. The molecule has 3 aliphatic rings. The van der Waals surface area contributed by atoms with E-state index in [-0.39, 0.29) is 13.2 Å². The van der Waals surface area contributed by atoms with E-state index in [1.807, 2.05) is 0 Å². The van der Waals surface area contributed by atoms with E-state index in [4.69, 9.17) is 9.47 Å². The zero-order valence-corrected chi connectivity index (χ0v) is 11.3. The highest BCUT2D eigenvalue weighted by Gasteiger charge is 2.13. The predicted molar refractivity (Wildman–Crippen MR) is 74.6 cm³/mol. The molecule has 0 spiro atoms. The molecule has 0 unspecified atom stereocenters. The molecule has 0 fully saturated rings. The minimum absolute atomic E-state index is 0.100. The van der Waals surface area contributed by atoms with Crippen LogP contribution in [0.15, 0.2) is 36.4 Å². The third kappa shape index (κ3) is 4.23. The molecule has 0 radical (unpaired) electrons. The Balaban J connectivity index is 0.000000205. The first-order valence-corrected chi connectivity index (χ1v) is 6.87. The van der Waals surface area contributed by atoms with Crippen molar-refractivity contribution in [2.24, 2.45) is 0 Å². The van der Waals surface area contributed by atoms with Gasteiger partial charge in [0, 0.05) is 0 Å². The summed E-state index contributed by atoms with van der Waals surface area (Å²) in [5, 5.41) is 0. The Morgan fingerprint density at radius 2 is 1.10 bits per heavy atom. The molecule has 2 heterocycles. The summed E-state index contributed by atoms with van der Waals surface area (Å²) >= 11 is 0. The fourth-order valence-electron chi connectivity index (χ4n) is 1.94. The molecule has 1 aromatic carbocycles. The molecule has 0 atom stereocenters. The molecule has 1 aromatic rings. The van der Waals surface area contributed by atoms with Gasteiger partial charge in [-0.3, -0.25) is 0 Å². The van der Waals surface area contributed by atoms with Crippen LogP contribution in [0.5, 0.6) is 0 Å². The van der Waals surface area contributed by atoms with Crippen LogP contribution in [-0.4, -0.2) is 25.2 Å². The van der Waals surface area contributed by atoms with Gasteiger partial charge in [-0.15, -0.1) is 0 Å². The lowest BCUT2D eigenvalue weighted by atomic mass is 10.1. The van der Waals surface area contributed by atoms with Crippen molar-refractivity contribution in [3.05, 3.63) is 47.5 Å². The van der Waals surface area contributed by atoms with Gasteiger partial charge in [-0.25, -0.2) is 9.59 Å². The van der Waals surface area contributed by atoms with Crippen molar-refractivity contribution in [2.75, 3.05) is 13.2 Å². The zero-order chi connectivity index (χ0) is 14.2. The van der Waals surface area contributed by atoms with Crippen molar-refractivity contribution in [3.63, 3.8) is 0 Å². The fourth-order valence-corrected chi connectivity index (χ4v) is 1.94. The van der Waals surface area contributed by atoms with Crippen LogP contribution in [0.2, 0.25) is 0 Å². The van der Waals surface area contributed by atoms with Crippen LogP contribution < -0.4 is 0 Å². The van der Waals surface area contributed by atoms with E-state index in [0.29, 0.717) is 11.1 Å². The largest absolute Gasteiger partial charge is 0.458 e. The summed E-state index contributed by atoms with van der Waals surface area (Å²) in [6.07, 6.45) is 10.0. The number of fused-ring (bicyclic) bond motifs is 7. The standard InChI is InChI=1S/C10H8O4.C6H10/c11-9-7-1-2-8(4-3-7)10(12)14-6-5-13-9;1-2-4-6-5-3-1/h1-4H,5-6H2;1-2H,3-6H2. The summed E-state index contributed by atoms with van der Waals surface area (Å²) in [6.45, 7) is 0.200. The average molecular weight is 274 g/mol. The van der Waals surface area contributed by atoms with Crippen LogP contribution in [0.3, 0.4) is 0 Å². The molecular formula is C16H18O4. The topological polar surface area (TPSA) is 52.6 Å². The molecule has 0 saturated heterocycles. The smallest absolute Gasteiger partial charge is 0.338 e. The summed E-state index contributed by atoms with van der Waals surface area (Å²) < 4.78 is 9.66. The minimum atomic E-state index is -0.394. The van der Waals surface area contributed by atoms with E-state index in [1.165, 1.54) is 25.7 Å². The summed E-state index contributed by atoms with van der Waals surface area (Å²) in [5.41, 5.74) is 0.895. The van der Waals surface area contributed by atoms with Gasteiger partial charge >= 0.3 is 11.9 Å². The molecule has 2 aliphatic heterocycles. The Hall–Kier alpha value is -2.10. The third-order valence-electron chi connectivity index (χ3n) is 3.06.